The van der Waals surface area contributed by atoms with Gasteiger partial charge in [0.2, 0.25) is 11.8 Å². The normalized spacial score (nSPS) is 13.2. The molecule has 0 aliphatic heterocycles. The zero-order valence-corrected chi connectivity index (χ0v) is 7.94. The Labute approximate surface area is 88.4 Å². The third-order valence-electron chi connectivity index (χ3n) is 1.68. The number of nitrogens with two attached hydrogens (primary N) is 1. The Morgan fingerprint density at radius 1 is 1.50 bits per heavy atom. The lowest BCUT2D eigenvalue weighted by Gasteiger charge is -2.16. The van der Waals surface area contributed by atoms with E-state index in [-0.39, 0.29) is 5.88 Å². The van der Waals surface area contributed by atoms with Crippen molar-refractivity contribution in [3.63, 3.8) is 0 Å². The minimum atomic E-state index is -4.73. The van der Waals surface area contributed by atoms with Crippen LogP contribution in [0.25, 0.3) is 0 Å². The van der Waals surface area contributed by atoms with Crippen LogP contribution in [0.1, 0.15) is 0 Å². The van der Waals surface area contributed by atoms with Gasteiger partial charge >= 0.3 is 6.18 Å². The molecule has 0 aromatic carbocycles. The topological polar surface area (TPSA) is 78.1 Å². The van der Waals surface area contributed by atoms with Crippen LogP contribution < -0.4 is 10.5 Å². The molecule has 88 valence electrons. The summed E-state index contributed by atoms with van der Waals surface area (Å²) in [5, 5.41) is 0. The molecule has 0 aliphatic carbocycles. The molecule has 1 unspecified atom stereocenters. The Hall–Kier alpha value is -1.86. The number of aromatic nitrogens is 2. The lowest BCUT2D eigenvalue weighted by atomic mass is 10.1. The van der Waals surface area contributed by atoms with Crippen molar-refractivity contribution in [3.8, 4) is 5.88 Å². The number of ether oxygens (including phenoxy) is 1. The standard InChI is InChI=1S/C8H8F3N3O2/c9-8(10,11)5(7(12)15)4-16-6-3-13-1-2-14-6/h1-3,5H,4H2,(H2,12,15). The summed E-state index contributed by atoms with van der Waals surface area (Å²) in [6.45, 7) is -0.905. The maximum absolute atomic E-state index is 12.3. The molecule has 0 saturated heterocycles. The molecular formula is C8H8F3N3O2. The zero-order valence-electron chi connectivity index (χ0n) is 7.94. The second kappa shape index (κ2) is 4.77. The Bertz CT molecular complexity index is 355. The van der Waals surface area contributed by atoms with Crippen LogP contribution in [0.3, 0.4) is 0 Å². The quantitative estimate of drug-likeness (QED) is 0.825. The van der Waals surface area contributed by atoms with Gasteiger partial charge in [0.15, 0.2) is 5.92 Å². The first-order chi connectivity index (χ1) is 7.41. The van der Waals surface area contributed by atoms with E-state index in [9.17, 15) is 18.0 Å². The highest BCUT2D eigenvalue weighted by Crippen LogP contribution is 2.26. The molecule has 1 amide bonds. The number of primary amides is 1. The van der Waals surface area contributed by atoms with Gasteiger partial charge in [-0.3, -0.25) is 9.78 Å². The maximum Gasteiger partial charge on any atom is 0.403 e. The highest BCUT2D eigenvalue weighted by Gasteiger charge is 2.44. The van der Waals surface area contributed by atoms with E-state index in [4.69, 9.17) is 0 Å². The van der Waals surface area contributed by atoms with Gasteiger partial charge in [-0.25, -0.2) is 4.98 Å². The number of alkyl halides is 3. The van der Waals surface area contributed by atoms with Crippen LogP contribution in [0.5, 0.6) is 5.88 Å². The summed E-state index contributed by atoms with van der Waals surface area (Å²) in [4.78, 5) is 17.7. The van der Waals surface area contributed by atoms with Crippen LogP contribution in [0.4, 0.5) is 13.2 Å². The Morgan fingerprint density at radius 3 is 2.62 bits per heavy atom. The van der Waals surface area contributed by atoms with Crippen molar-refractivity contribution in [2.75, 3.05) is 6.61 Å². The van der Waals surface area contributed by atoms with Crippen LogP contribution in [-0.2, 0) is 4.79 Å². The molecule has 2 N–H and O–H groups in total. The first-order valence-corrected chi connectivity index (χ1v) is 4.16. The third kappa shape index (κ3) is 3.37. The van der Waals surface area contributed by atoms with Crippen LogP contribution in [0.15, 0.2) is 18.6 Å². The summed E-state index contributed by atoms with van der Waals surface area (Å²) < 4.78 is 41.4. The largest absolute Gasteiger partial charge is 0.475 e. The molecule has 16 heavy (non-hydrogen) atoms. The van der Waals surface area contributed by atoms with E-state index in [1.165, 1.54) is 12.4 Å². The van der Waals surface area contributed by atoms with Gasteiger partial charge in [0.05, 0.1) is 6.20 Å². The van der Waals surface area contributed by atoms with Gasteiger partial charge in [0.1, 0.15) is 6.61 Å². The number of hydrogen-bond donors (Lipinski definition) is 1. The molecule has 0 spiro atoms. The molecular weight excluding hydrogens is 227 g/mol. The van der Waals surface area contributed by atoms with Crippen molar-refractivity contribution in [2.45, 2.75) is 6.18 Å². The van der Waals surface area contributed by atoms with Crippen LogP contribution in [0.2, 0.25) is 0 Å². The Kier molecular flexibility index (Phi) is 3.64. The molecule has 1 aromatic heterocycles. The molecule has 0 saturated carbocycles. The number of halogens is 3. The van der Waals surface area contributed by atoms with Crippen LogP contribution >= 0.6 is 0 Å². The van der Waals surface area contributed by atoms with Crippen LogP contribution in [-0.4, -0.2) is 28.7 Å². The van der Waals surface area contributed by atoms with Crippen LogP contribution in [0, 0.1) is 5.92 Å². The summed E-state index contributed by atoms with van der Waals surface area (Å²) in [6, 6.07) is 0. The predicted octanol–water partition coefficient (Wildman–Crippen LogP) is 0.519. The third-order valence-corrected chi connectivity index (χ3v) is 1.68. The molecule has 1 rings (SSSR count). The van der Waals surface area contributed by atoms with Crippen molar-refractivity contribution in [2.24, 2.45) is 11.7 Å². The van der Waals surface area contributed by atoms with E-state index in [2.05, 4.69) is 20.4 Å². The van der Waals surface area contributed by atoms with E-state index >= 15 is 0 Å². The number of carbonyl (C=O) groups is 1. The number of hydrogen-bond acceptors (Lipinski definition) is 4. The van der Waals surface area contributed by atoms with E-state index < -0.39 is 24.6 Å². The van der Waals surface area contributed by atoms with E-state index in [0.717, 1.165) is 6.20 Å². The fourth-order valence-electron chi connectivity index (χ4n) is 0.867. The minimum absolute atomic E-state index is 0.0991. The molecule has 1 heterocycles. The van der Waals surface area contributed by atoms with Gasteiger partial charge in [0, 0.05) is 12.4 Å². The molecule has 5 nitrogen and oxygen atoms in total. The van der Waals surface area contributed by atoms with Crippen molar-refractivity contribution >= 4 is 5.91 Å². The van der Waals surface area contributed by atoms with E-state index in [1.807, 2.05) is 0 Å². The first kappa shape index (κ1) is 12.2. The predicted molar refractivity (Wildman–Crippen MR) is 46.3 cm³/mol. The van der Waals surface area contributed by atoms with Gasteiger partial charge in [0.25, 0.3) is 0 Å². The number of rotatable bonds is 4. The fraction of sp³-hybridized carbons (Fsp3) is 0.375. The molecule has 0 aliphatic rings. The second-order valence-electron chi connectivity index (χ2n) is 2.85. The number of amides is 1. The molecule has 8 heteroatoms. The molecule has 1 aromatic rings. The summed E-state index contributed by atoms with van der Waals surface area (Å²) >= 11 is 0. The average Bonchev–Trinajstić information content (AvgIpc) is 2.17. The summed E-state index contributed by atoms with van der Waals surface area (Å²) in [5.41, 5.74) is 4.61. The van der Waals surface area contributed by atoms with Gasteiger partial charge < -0.3 is 10.5 Å². The lowest BCUT2D eigenvalue weighted by molar-refractivity contribution is -0.186. The first-order valence-electron chi connectivity index (χ1n) is 4.16. The van der Waals surface area contributed by atoms with Gasteiger partial charge in [-0.2, -0.15) is 13.2 Å². The zero-order chi connectivity index (χ0) is 12.2. The van der Waals surface area contributed by atoms with Gasteiger partial charge in [-0.1, -0.05) is 0 Å². The highest BCUT2D eigenvalue weighted by atomic mass is 19.4. The summed E-state index contributed by atoms with van der Waals surface area (Å²) in [6.07, 6.45) is -1.01. The smallest absolute Gasteiger partial charge is 0.403 e. The summed E-state index contributed by atoms with van der Waals surface area (Å²) in [5.74, 6) is -3.94. The molecule has 0 radical (unpaired) electrons. The van der Waals surface area contributed by atoms with Crippen molar-refractivity contribution in [1.82, 2.24) is 9.97 Å². The monoisotopic (exact) mass is 235 g/mol. The van der Waals surface area contributed by atoms with Gasteiger partial charge in [-0.05, 0) is 0 Å². The van der Waals surface area contributed by atoms with Crippen molar-refractivity contribution in [3.05, 3.63) is 18.6 Å². The number of nitrogens with zero attached hydrogens (tertiary/aromatic N) is 2. The van der Waals surface area contributed by atoms with Gasteiger partial charge in [-0.15, -0.1) is 0 Å². The Morgan fingerprint density at radius 2 is 2.19 bits per heavy atom. The van der Waals surface area contributed by atoms with E-state index in [0.29, 0.717) is 0 Å². The van der Waals surface area contributed by atoms with E-state index in [1.54, 1.807) is 0 Å². The molecule has 0 bridgehead atoms. The SMILES string of the molecule is NC(=O)C(COc1cnccn1)C(F)(F)F. The second-order valence-corrected chi connectivity index (χ2v) is 2.85. The number of carbonyl (C=O) groups excluding carboxylic acids is 1. The molecule has 0 fully saturated rings. The fourth-order valence-corrected chi connectivity index (χ4v) is 0.867. The average molecular weight is 235 g/mol. The minimum Gasteiger partial charge on any atom is -0.475 e. The van der Waals surface area contributed by atoms with Crippen molar-refractivity contribution < 1.29 is 22.7 Å². The Balaban J connectivity index is 2.62. The summed E-state index contributed by atoms with van der Waals surface area (Å²) in [7, 11) is 0. The molecule has 1 atom stereocenters. The maximum atomic E-state index is 12.3. The highest BCUT2D eigenvalue weighted by molar-refractivity contribution is 5.77. The lowest BCUT2D eigenvalue weighted by Crippen LogP contribution is -2.39. The van der Waals surface area contributed by atoms with Crippen molar-refractivity contribution in [1.29, 1.82) is 0 Å².